The summed E-state index contributed by atoms with van der Waals surface area (Å²) >= 11 is 2.29. The van der Waals surface area contributed by atoms with Crippen molar-refractivity contribution in [3.05, 3.63) is 33.4 Å². The molecule has 1 aromatic carbocycles. The zero-order chi connectivity index (χ0) is 13.0. The summed E-state index contributed by atoms with van der Waals surface area (Å²) < 4.78 is 1.23. The van der Waals surface area contributed by atoms with Crippen molar-refractivity contribution in [2.75, 3.05) is 0 Å². The summed E-state index contributed by atoms with van der Waals surface area (Å²) in [6, 6.07) is 8.46. The average molecular weight is 358 g/mol. The Morgan fingerprint density at radius 1 is 1.17 bits per heavy atom. The van der Waals surface area contributed by atoms with E-state index in [1.807, 2.05) is 0 Å². The minimum absolute atomic E-state index is 0.147. The smallest absolute Gasteiger partial charge is 0.306 e. The minimum Gasteiger partial charge on any atom is -0.481 e. The number of carboxylic acids is 1. The van der Waals surface area contributed by atoms with Gasteiger partial charge in [-0.25, -0.2) is 0 Å². The van der Waals surface area contributed by atoms with Crippen LogP contribution in [0.3, 0.4) is 0 Å². The Balaban J connectivity index is 2.08. The second-order valence-corrected chi connectivity index (χ2v) is 6.42. The van der Waals surface area contributed by atoms with Crippen LogP contribution in [-0.2, 0) is 11.2 Å². The zero-order valence-corrected chi connectivity index (χ0v) is 12.6. The zero-order valence-electron chi connectivity index (χ0n) is 10.4. The van der Waals surface area contributed by atoms with E-state index >= 15 is 0 Å². The first-order chi connectivity index (χ1) is 8.66. The minimum atomic E-state index is -0.604. The molecule has 0 heterocycles. The van der Waals surface area contributed by atoms with Gasteiger partial charge in [-0.3, -0.25) is 4.79 Å². The van der Waals surface area contributed by atoms with E-state index in [-0.39, 0.29) is 5.92 Å². The molecular formula is C15H19IO2. The van der Waals surface area contributed by atoms with E-state index in [9.17, 15) is 9.90 Å². The third-order valence-corrected chi connectivity index (χ3v) is 4.61. The summed E-state index contributed by atoms with van der Waals surface area (Å²) in [6.07, 6.45) is 6.26. The number of benzene rings is 1. The van der Waals surface area contributed by atoms with Gasteiger partial charge in [0, 0.05) is 3.57 Å². The van der Waals surface area contributed by atoms with Crippen molar-refractivity contribution < 1.29 is 9.90 Å². The second-order valence-electron chi connectivity index (χ2n) is 5.17. The van der Waals surface area contributed by atoms with Gasteiger partial charge in [-0.1, -0.05) is 31.4 Å². The predicted molar refractivity (Wildman–Crippen MR) is 80.6 cm³/mol. The molecule has 1 aliphatic carbocycles. The third kappa shape index (κ3) is 3.70. The number of rotatable bonds is 3. The van der Waals surface area contributed by atoms with E-state index in [0.29, 0.717) is 5.92 Å². The van der Waals surface area contributed by atoms with Crippen molar-refractivity contribution in [3.63, 3.8) is 0 Å². The van der Waals surface area contributed by atoms with Crippen molar-refractivity contribution in [2.24, 2.45) is 11.8 Å². The second kappa shape index (κ2) is 6.55. The number of hydrogen-bond acceptors (Lipinski definition) is 1. The molecule has 1 aliphatic rings. The molecule has 2 atom stereocenters. The molecule has 2 nitrogen and oxygen atoms in total. The van der Waals surface area contributed by atoms with Gasteiger partial charge in [-0.2, -0.15) is 0 Å². The van der Waals surface area contributed by atoms with Crippen LogP contribution in [0.4, 0.5) is 0 Å². The Labute approximate surface area is 122 Å². The fourth-order valence-electron chi connectivity index (χ4n) is 2.88. The van der Waals surface area contributed by atoms with Crippen LogP contribution < -0.4 is 0 Å². The Morgan fingerprint density at radius 2 is 1.83 bits per heavy atom. The number of aliphatic carboxylic acids is 1. The average Bonchev–Trinajstić information content (AvgIpc) is 2.57. The maximum atomic E-state index is 11.4. The van der Waals surface area contributed by atoms with Gasteiger partial charge in [-0.15, -0.1) is 0 Å². The Bertz CT molecular complexity index is 399. The maximum Gasteiger partial charge on any atom is 0.306 e. The Hall–Kier alpha value is -0.580. The normalized spacial score (nSPS) is 24.5. The lowest BCUT2D eigenvalue weighted by molar-refractivity contribution is -0.143. The van der Waals surface area contributed by atoms with Crippen LogP contribution in [-0.4, -0.2) is 11.1 Å². The van der Waals surface area contributed by atoms with Crippen LogP contribution in [0.1, 0.15) is 37.7 Å². The summed E-state index contributed by atoms with van der Waals surface area (Å²) in [5.41, 5.74) is 1.27. The van der Waals surface area contributed by atoms with Crippen molar-refractivity contribution in [1.29, 1.82) is 0 Å². The molecule has 1 fully saturated rings. The van der Waals surface area contributed by atoms with Crippen LogP contribution in [0.25, 0.3) is 0 Å². The molecule has 18 heavy (non-hydrogen) atoms. The van der Waals surface area contributed by atoms with E-state index in [1.54, 1.807) is 0 Å². The number of hydrogen-bond donors (Lipinski definition) is 1. The molecule has 2 unspecified atom stereocenters. The first-order valence-corrected chi connectivity index (χ1v) is 7.72. The molecule has 1 saturated carbocycles. The van der Waals surface area contributed by atoms with Crippen molar-refractivity contribution >= 4 is 28.6 Å². The highest BCUT2D eigenvalue weighted by molar-refractivity contribution is 14.1. The molecule has 1 aromatic rings. The lowest BCUT2D eigenvalue weighted by atomic mass is 9.83. The molecule has 98 valence electrons. The molecule has 0 radical (unpaired) electrons. The van der Waals surface area contributed by atoms with Gasteiger partial charge in [0.05, 0.1) is 5.92 Å². The topological polar surface area (TPSA) is 37.3 Å². The van der Waals surface area contributed by atoms with Crippen molar-refractivity contribution in [3.8, 4) is 0 Å². The van der Waals surface area contributed by atoms with Gasteiger partial charge < -0.3 is 5.11 Å². The van der Waals surface area contributed by atoms with E-state index in [4.69, 9.17) is 0 Å². The van der Waals surface area contributed by atoms with Crippen LogP contribution in [0.5, 0.6) is 0 Å². The van der Waals surface area contributed by atoms with Crippen LogP contribution in [0, 0.1) is 15.4 Å². The molecule has 1 N–H and O–H groups in total. The van der Waals surface area contributed by atoms with Gasteiger partial charge in [0.1, 0.15) is 0 Å². The Kier molecular flexibility index (Phi) is 5.03. The molecule has 3 heteroatoms. The predicted octanol–water partition coefficient (Wildman–Crippen LogP) is 4.11. The summed E-state index contributed by atoms with van der Waals surface area (Å²) in [5, 5.41) is 9.35. The molecule has 2 rings (SSSR count). The highest BCUT2D eigenvalue weighted by atomic mass is 127. The van der Waals surface area contributed by atoms with Gasteiger partial charge in [0.25, 0.3) is 0 Å². The lowest BCUT2D eigenvalue weighted by Gasteiger charge is -2.21. The first kappa shape index (κ1) is 13.8. The van der Waals surface area contributed by atoms with Gasteiger partial charge in [-0.05, 0) is 65.5 Å². The molecule has 0 saturated heterocycles. The molecule has 0 spiro atoms. The molecule has 0 aromatic heterocycles. The molecule has 0 bridgehead atoms. The van der Waals surface area contributed by atoms with E-state index < -0.39 is 5.97 Å². The Morgan fingerprint density at radius 3 is 2.50 bits per heavy atom. The summed E-state index contributed by atoms with van der Waals surface area (Å²) in [6.45, 7) is 0. The van der Waals surface area contributed by atoms with E-state index in [2.05, 4.69) is 46.9 Å². The summed E-state index contributed by atoms with van der Waals surface area (Å²) in [4.78, 5) is 11.4. The first-order valence-electron chi connectivity index (χ1n) is 6.64. The summed E-state index contributed by atoms with van der Waals surface area (Å²) in [5.74, 6) is -0.441. The molecular weight excluding hydrogens is 339 g/mol. The SMILES string of the molecule is O=C(O)C1CCCCCC1Cc1ccc(I)cc1. The number of halogens is 1. The van der Waals surface area contributed by atoms with Crippen molar-refractivity contribution in [1.82, 2.24) is 0 Å². The number of carboxylic acid groups (broad SMARTS) is 1. The fraction of sp³-hybridized carbons (Fsp3) is 0.533. The highest BCUT2D eigenvalue weighted by Crippen LogP contribution is 2.31. The van der Waals surface area contributed by atoms with Gasteiger partial charge >= 0.3 is 5.97 Å². The molecule has 0 amide bonds. The lowest BCUT2D eigenvalue weighted by Crippen LogP contribution is -2.24. The van der Waals surface area contributed by atoms with Crippen LogP contribution >= 0.6 is 22.6 Å². The van der Waals surface area contributed by atoms with Gasteiger partial charge in [0.2, 0.25) is 0 Å². The standard InChI is InChI=1S/C15H19IO2/c16-13-8-6-11(7-9-13)10-12-4-2-1-3-5-14(12)15(17)18/h6-9,12,14H,1-5,10H2,(H,17,18). The van der Waals surface area contributed by atoms with Crippen LogP contribution in [0.2, 0.25) is 0 Å². The monoisotopic (exact) mass is 358 g/mol. The largest absolute Gasteiger partial charge is 0.481 e. The van der Waals surface area contributed by atoms with E-state index in [0.717, 1.165) is 25.7 Å². The van der Waals surface area contributed by atoms with Crippen LogP contribution in [0.15, 0.2) is 24.3 Å². The fourth-order valence-corrected chi connectivity index (χ4v) is 3.24. The number of carbonyl (C=O) groups is 1. The summed E-state index contributed by atoms with van der Waals surface area (Å²) in [7, 11) is 0. The van der Waals surface area contributed by atoms with Crippen molar-refractivity contribution in [2.45, 2.75) is 38.5 Å². The molecule has 0 aliphatic heterocycles. The third-order valence-electron chi connectivity index (χ3n) is 3.89. The quantitative estimate of drug-likeness (QED) is 0.652. The van der Waals surface area contributed by atoms with E-state index in [1.165, 1.54) is 22.0 Å². The highest BCUT2D eigenvalue weighted by Gasteiger charge is 2.29. The van der Waals surface area contributed by atoms with Gasteiger partial charge in [0.15, 0.2) is 0 Å². The maximum absolute atomic E-state index is 11.4.